The maximum Gasteiger partial charge on any atom is 0.135 e. The summed E-state index contributed by atoms with van der Waals surface area (Å²) in [4.78, 5) is 0. The number of furan rings is 2. The summed E-state index contributed by atoms with van der Waals surface area (Å²) in [6.07, 6.45) is 0. The summed E-state index contributed by atoms with van der Waals surface area (Å²) in [5.74, 6) is 0. The van der Waals surface area contributed by atoms with Gasteiger partial charge in [-0.05, 0) is 70.8 Å². The molecule has 248 valence electrons. The lowest BCUT2D eigenvalue weighted by atomic mass is 10.0. The average Bonchev–Trinajstić information content (AvgIpc) is 4.06. The SMILES string of the molecule is c1ccc2c(c1)oc1ccc(-c3ccc4c5cccc6c5n(c4c3)c3c4cccc5c7ccc(-c8ccc9oc%10ccccc%10c9c8)cc7n(c54)c63)cc12. The Morgan fingerprint density at radius 1 is 0.259 bits per heavy atom. The molecule has 0 amide bonds. The molecule has 0 aliphatic heterocycles. The van der Waals surface area contributed by atoms with Gasteiger partial charge < -0.3 is 17.6 Å². The summed E-state index contributed by atoms with van der Waals surface area (Å²) in [6, 6.07) is 57.4. The van der Waals surface area contributed by atoms with Crippen LogP contribution in [-0.2, 0) is 0 Å². The minimum absolute atomic E-state index is 0.916. The van der Waals surface area contributed by atoms with Crippen molar-refractivity contribution in [1.29, 1.82) is 0 Å². The van der Waals surface area contributed by atoms with Gasteiger partial charge in [0.15, 0.2) is 0 Å². The first-order valence-corrected chi connectivity index (χ1v) is 18.5. The zero-order valence-electron chi connectivity index (χ0n) is 28.7. The number of nitrogens with zero attached hydrogens (tertiary/aromatic N) is 2. The van der Waals surface area contributed by atoms with Crippen molar-refractivity contribution >= 4 is 109 Å². The first-order chi connectivity index (χ1) is 26.8. The molecule has 0 bridgehead atoms. The van der Waals surface area contributed by atoms with E-state index in [1.165, 1.54) is 87.7 Å². The normalized spacial score (nSPS) is 12.8. The summed E-state index contributed by atoms with van der Waals surface area (Å²) < 4.78 is 17.4. The molecular formula is C50H26N2O2. The molecule has 54 heavy (non-hydrogen) atoms. The van der Waals surface area contributed by atoms with E-state index in [1.54, 1.807) is 0 Å². The molecule has 8 aromatic carbocycles. The predicted molar refractivity (Wildman–Crippen MR) is 224 cm³/mol. The molecule has 0 aliphatic rings. The smallest absolute Gasteiger partial charge is 0.135 e. The van der Waals surface area contributed by atoms with Crippen molar-refractivity contribution in [2.24, 2.45) is 0 Å². The molecule has 0 atom stereocenters. The Labute approximate surface area is 305 Å². The molecule has 0 unspecified atom stereocenters. The zero-order valence-corrected chi connectivity index (χ0v) is 28.7. The third kappa shape index (κ3) is 3.22. The van der Waals surface area contributed by atoms with Crippen LogP contribution in [0.1, 0.15) is 0 Å². The molecule has 0 saturated carbocycles. The van der Waals surface area contributed by atoms with Crippen LogP contribution in [0.4, 0.5) is 0 Å². The van der Waals surface area contributed by atoms with Gasteiger partial charge in [-0.25, -0.2) is 0 Å². The number of hydrogen-bond donors (Lipinski definition) is 0. The Balaban J connectivity index is 1.05. The largest absolute Gasteiger partial charge is 0.456 e. The standard InChI is InChI=1S/C50H26N2O2/c1-3-13-43-33(7-1)39-23-27(17-21-45(39)53-43)29-15-19-31-35-9-5-11-37-47(35)51(41(31)25-29)49-38-12-6-10-36-32-20-16-30(26-42(32)52(48(36)38)50(37)49)28-18-22-46-40(24-28)34-8-2-4-14-44(34)54-46/h1-26H. The maximum absolute atomic E-state index is 6.17. The Kier molecular flexibility index (Phi) is 4.75. The van der Waals surface area contributed by atoms with Gasteiger partial charge in [0.05, 0.1) is 33.1 Å². The summed E-state index contributed by atoms with van der Waals surface area (Å²) in [7, 11) is 0. The second-order valence-electron chi connectivity index (χ2n) is 14.9. The third-order valence-corrected chi connectivity index (χ3v) is 12.2. The van der Waals surface area contributed by atoms with Crippen molar-refractivity contribution in [3.05, 3.63) is 158 Å². The highest BCUT2D eigenvalue weighted by Crippen LogP contribution is 2.47. The summed E-state index contributed by atoms with van der Waals surface area (Å²) in [5, 5.41) is 12.2. The van der Waals surface area contributed by atoms with Gasteiger partial charge in [0.2, 0.25) is 0 Å². The summed E-state index contributed by atoms with van der Waals surface area (Å²) >= 11 is 0. The summed E-state index contributed by atoms with van der Waals surface area (Å²) in [5.41, 5.74) is 16.0. The van der Waals surface area contributed by atoms with Crippen LogP contribution < -0.4 is 0 Å². The van der Waals surface area contributed by atoms with Crippen LogP contribution in [0.3, 0.4) is 0 Å². The van der Waals surface area contributed by atoms with Gasteiger partial charge in [0.25, 0.3) is 0 Å². The van der Waals surface area contributed by atoms with Crippen LogP contribution >= 0.6 is 0 Å². The number of aromatic nitrogens is 2. The van der Waals surface area contributed by atoms with E-state index in [1.807, 2.05) is 24.3 Å². The van der Waals surface area contributed by atoms with Gasteiger partial charge >= 0.3 is 0 Å². The molecule has 4 heteroatoms. The van der Waals surface area contributed by atoms with Gasteiger partial charge in [-0.2, -0.15) is 0 Å². The topological polar surface area (TPSA) is 35.1 Å². The minimum Gasteiger partial charge on any atom is -0.456 e. The molecule has 0 radical (unpaired) electrons. The lowest BCUT2D eigenvalue weighted by molar-refractivity contribution is 0.668. The van der Waals surface area contributed by atoms with Crippen molar-refractivity contribution in [3.8, 4) is 22.3 Å². The number of para-hydroxylation sites is 4. The van der Waals surface area contributed by atoms with Gasteiger partial charge in [0.1, 0.15) is 22.3 Å². The lowest BCUT2D eigenvalue weighted by Crippen LogP contribution is -1.83. The van der Waals surface area contributed by atoms with Crippen molar-refractivity contribution in [1.82, 2.24) is 8.80 Å². The molecule has 0 spiro atoms. The van der Waals surface area contributed by atoms with Crippen LogP contribution in [0, 0.1) is 0 Å². The van der Waals surface area contributed by atoms with E-state index in [9.17, 15) is 0 Å². The first kappa shape index (κ1) is 27.4. The van der Waals surface area contributed by atoms with Crippen LogP contribution in [0.2, 0.25) is 0 Å². The number of benzene rings is 8. The second-order valence-corrected chi connectivity index (χ2v) is 14.9. The number of rotatable bonds is 2. The minimum atomic E-state index is 0.916. The first-order valence-electron chi connectivity index (χ1n) is 18.5. The highest BCUT2D eigenvalue weighted by Gasteiger charge is 2.26. The van der Waals surface area contributed by atoms with Gasteiger partial charge in [-0.1, -0.05) is 109 Å². The monoisotopic (exact) mass is 686 g/mol. The number of hydrogen-bond acceptors (Lipinski definition) is 2. The fourth-order valence-electron chi connectivity index (χ4n) is 9.86. The number of fused-ring (bicyclic) bond motifs is 17. The Bertz CT molecular complexity index is 3650. The van der Waals surface area contributed by atoms with E-state index in [-0.39, 0.29) is 0 Å². The molecule has 0 saturated heterocycles. The van der Waals surface area contributed by atoms with E-state index in [4.69, 9.17) is 8.83 Å². The Morgan fingerprint density at radius 2 is 0.648 bits per heavy atom. The van der Waals surface area contributed by atoms with Gasteiger partial charge in [0, 0.05) is 53.9 Å². The average molecular weight is 687 g/mol. The molecule has 14 aromatic rings. The highest BCUT2D eigenvalue weighted by molar-refractivity contribution is 6.32. The van der Waals surface area contributed by atoms with Crippen molar-refractivity contribution < 1.29 is 8.83 Å². The maximum atomic E-state index is 6.17. The van der Waals surface area contributed by atoms with E-state index in [0.29, 0.717) is 0 Å². The molecule has 4 nitrogen and oxygen atoms in total. The van der Waals surface area contributed by atoms with Crippen molar-refractivity contribution in [3.63, 3.8) is 0 Å². The Morgan fingerprint density at radius 3 is 1.15 bits per heavy atom. The van der Waals surface area contributed by atoms with E-state index in [2.05, 4.69) is 142 Å². The molecule has 0 fully saturated rings. The molecule has 0 N–H and O–H groups in total. The third-order valence-electron chi connectivity index (χ3n) is 12.2. The van der Waals surface area contributed by atoms with E-state index < -0.39 is 0 Å². The fraction of sp³-hybridized carbons (Fsp3) is 0. The van der Waals surface area contributed by atoms with Crippen molar-refractivity contribution in [2.45, 2.75) is 0 Å². The van der Waals surface area contributed by atoms with Crippen LogP contribution in [0.15, 0.2) is 167 Å². The van der Waals surface area contributed by atoms with Gasteiger partial charge in [-0.15, -0.1) is 0 Å². The fourth-order valence-corrected chi connectivity index (χ4v) is 9.86. The molecule has 14 rings (SSSR count). The van der Waals surface area contributed by atoms with Gasteiger partial charge in [-0.3, -0.25) is 0 Å². The van der Waals surface area contributed by atoms with E-state index >= 15 is 0 Å². The Hall–Kier alpha value is -7.30. The molecule has 6 heterocycles. The van der Waals surface area contributed by atoms with Crippen LogP contribution in [0.5, 0.6) is 0 Å². The second kappa shape index (κ2) is 9.37. The predicted octanol–water partition coefficient (Wildman–Crippen LogP) is 14.0. The quantitative estimate of drug-likeness (QED) is 0.181. The van der Waals surface area contributed by atoms with Crippen LogP contribution in [-0.4, -0.2) is 8.80 Å². The molecule has 6 aromatic heterocycles. The highest BCUT2D eigenvalue weighted by atomic mass is 16.3. The molecular weight excluding hydrogens is 661 g/mol. The van der Waals surface area contributed by atoms with E-state index in [0.717, 1.165) is 43.9 Å². The zero-order chi connectivity index (χ0) is 34.8. The van der Waals surface area contributed by atoms with Crippen molar-refractivity contribution in [2.75, 3.05) is 0 Å². The van der Waals surface area contributed by atoms with Crippen LogP contribution in [0.25, 0.3) is 132 Å². The molecule has 0 aliphatic carbocycles. The lowest BCUT2D eigenvalue weighted by Gasteiger charge is -2.05. The summed E-state index contributed by atoms with van der Waals surface area (Å²) in [6.45, 7) is 0.